The van der Waals surface area contributed by atoms with Crippen molar-refractivity contribution in [2.75, 3.05) is 0 Å². The highest BCUT2D eigenvalue weighted by atomic mass is 79.9. The summed E-state index contributed by atoms with van der Waals surface area (Å²) in [6.45, 7) is 0. The smallest absolute Gasteiger partial charge is 0.332 e. The zero-order chi connectivity index (χ0) is 10.6. The van der Waals surface area contributed by atoms with Gasteiger partial charge in [-0.25, -0.2) is 10.2 Å². The molecular formula is C8H7BrClN3O. The van der Waals surface area contributed by atoms with Crippen molar-refractivity contribution in [1.82, 2.24) is 5.43 Å². The quantitative estimate of drug-likeness (QED) is 0.630. The Kier molecular flexibility index (Phi) is 3.91. The predicted molar refractivity (Wildman–Crippen MR) is 59.5 cm³/mol. The molecule has 0 heterocycles. The molecule has 74 valence electrons. The molecule has 0 atom stereocenters. The molecule has 0 aromatic heterocycles. The number of primary amides is 1. The van der Waals surface area contributed by atoms with Crippen molar-refractivity contribution < 1.29 is 4.79 Å². The number of carbonyl (C=O) groups is 1. The molecule has 0 bridgehead atoms. The topological polar surface area (TPSA) is 67.5 Å². The molecule has 0 spiro atoms. The summed E-state index contributed by atoms with van der Waals surface area (Å²) in [6.07, 6.45) is 1.45. The summed E-state index contributed by atoms with van der Waals surface area (Å²) in [6, 6.07) is 4.58. The molecule has 2 amide bonds. The van der Waals surface area contributed by atoms with Crippen LogP contribution in [0.1, 0.15) is 5.56 Å². The average Bonchev–Trinajstić information content (AvgIpc) is 2.10. The van der Waals surface area contributed by atoms with Gasteiger partial charge in [-0.1, -0.05) is 17.7 Å². The number of rotatable bonds is 2. The lowest BCUT2D eigenvalue weighted by atomic mass is 10.2. The van der Waals surface area contributed by atoms with E-state index < -0.39 is 6.03 Å². The Morgan fingerprint density at radius 1 is 1.64 bits per heavy atom. The summed E-state index contributed by atoms with van der Waals surface area (Å²) < 4.78 is 0.805. The summed E-state index contributed by atoms with van der Waals surface area (Å²) in [5.74, 6) is 0. The Hall–Kier alpha value is -1.07. The lowest BCUT2D eigenvalue weighted by molar-refractivity contribution is 0.249. The molecule has 4 nitrogen and oxygen atoms in total. The molecular weight excluding hydrogens is 269 g/mol. The molecule has 0 aliphatic carbocycles. The third-order valence-electron chi connectivity index (χ3n) is 1.33. The van der Waals surface area contributed by atoms with Gasteiger partial charge in [0.25, 0.3) is 0 Å². The van der Waals surface area contributed by atoms with E-state index in [4.69, 9.17) is 17.3 Å². The van der Waals surface area contributed by atoms with Crippen LogP contribution in [0.5, 0.6) is 0 Å². The van der Waals surface area contributed by atoms with Crippen LogP contribution in [0, 0.1) is 0 Å². The molecule has 0 aliphatic heterocycles. The molecule has 0 saturated heterocycles. The van der Waals surface area contributed by atoms with Crippen LogP contribution in [-0.2, 0) is 0 Å². The number of nitrogens with zero attached hydrogens (tertiary/aromatic N) is 1. The van der Waals surface area contributed by atoms with Gasteiger partial charge in [-0.15, -0.1) is 0 Å². The van der Waals surface area contributed by atoms with E-state index in [1.54, 1.807) is 18.2 Å². The van der Waals surface area contributed by atoms with E-state index in [1.807, 2.05) is 0 Å². The summed E-state index contributed by atoms with van der Waals surface area (Å²) in [5, 5.41) is 4.17. The van der Waals surface area contributed by atoms with Crippen LogP contribution >= 0.6 is 27.5 Å². The van der Waals surface area contributed by atoms with Gasteiger partial charge >= 0.3 is 6.03 Å². The molecule has 0 radical (unpaired) electrons. The number of amides is 2. The van der Waals surface area contributed by atoms with Gasteiger partial charge < -0.3 is 5.73 Å². The van der Waals surface area contributed by atoms with Crippen molar-refractivity contribution in [3.63, 3.8) is 0 Å². The Labute approximate surface area is 94.2 Å². The molecule has 6 heteroatoms. The van der Waals surface area contributed by atoms with Gasteiger partial charge in [0.2, 0.25) is 0 Å². The number of hydrogen-bond donors (Lipinski definition) is 2. The summed E-state index contributed by atoms with van der Waals surface area (Å²) >= 11 is 9.09. The predicted octanol–water partition coefficient (Wildman–Crippen LogP) is 2.10. The van der Waals surface area contributed by atoms with Crippen molar-refractivity contribution in [2.24, 2.45) is 10.8 Å². The monoisotopic (exact) mass is 275 g/mol. The number of carbonyl (C=O) groups excluding carboxylic acids is 1. The fourth-order valence-electron chi connectivity index (χ4n) is 0.763. The number of urea groups is 1. The first-order valence-corrected chi connectivity index (χ1v) is 4.80. The first-order valence-electron chi connectivity index (χ1n) is 3.63. The van der Waals surface area contributed by atoms with Crippen LogP contribution in [0.4, 0.5) is 4.79 Å². The maximum absolute atomic E-state index is 10.3. The summed E-state index contributed by atoms with van der Waals surface area (Å²) in [5.41, 5.74) is 7.67. The fraction of sp³-hybridized carbons (Fsp3) is 0. The highest BCUT2D eigenvalue weighted by Crippen LogP contribution is 2.22. The number of benzene rings is 1. The average molecular weight is 277 g/mol. The number of nitrogens with one attached hydrogen (secondary N) is 1. The van der Waals surface area contributed by atoms with E-state index in [0.29, 0.717) is 5.02 Å². The van der Waals surface area contributed by atoms with E-state index in [9.17, 15) is 4.79 Å². The molecule has 1 aromatic rings. The first kappa shape index (κ1) is 11.0. The SMILES string of the molecule is NC(=O)N/N=C/c1ccc(Br)c(Cl)c1. The lowest BCUT2D eigenvalue weighted by Gasteiger charge is -1.97. The van der Waals surface area contributed by atoms with Crippen LogP contribution in [0.3, 0.4) is 0 Å². The minimum absolute atomic E-state index is 0.577. The molecule has 1 aromatic carbocycles. The van der Waals surface area contributed by atoms with Crippen molar-refractivity contribution in [2.45, 2.75) is 0 Å². The normalized spacial score (nSPS) is 10.4. The van der Waals surface area contributed by atoms with Gasteiger partial charge in [0.15, 0.2) is 0 Å². The second-order valence-corrected chi connectivity index (χ2v) is 3.67. The van der Waals surface area contributed by atoms with E-state index in [2.05, 4.69) is 26.5 Å². The van der Waals surface area contributed by atoms with Crippen LogP contribution in [-0.4, -0.2) is 12.2 Å². The largest absolute Gasteiger partial charge is 0.350 e. The Balaban J connectivity index is 2.73. The van der Waals surface area contributed by atoms with Gasteiger partial charge in [0, 0.05) is 4.47 Å². The van der Waals surface area contributed by atoms with Gasteiger partial charge in [-0.2, -0.15) is 5.10 Å². The Bertz CT molecular complexity index is 381. The van der Waals surface area contributed by atoms with E-state index in [1.165, 1.54) is 6.21 Å². The maximum atomic E-state index is 10.3. The van der Waals surface area contributed by atoms with E-state index in [-0.39, 0.29) is 0 Å². The second kappa shape index (κ2) is 4.97. The van der Waals surface area contributed by atoms with Crippen molar-refractivity contribution in [1.29, 1.82) is 0 Å². The third-order valence-corrected chi connectivity index (χ3v) is 2.56. The van der Waals surface area contributed by atoms with Crippen LogP contribution in [0.25, 0.3) is 0 Å². The highest BCUT2D eigenvalue weighted by Gasteiger charge is 1.96. The molecule has 14 heavy (non-hydrogen) atoms. The van der Waals surface area contributed by atoms with Crippen LogP contribution in [0.2, 0.25) is 5.02 Å². The number of hydrazone groups is 1. The molecule has 3 N–H and O–H groups in total. The summed E-state index contributed by atoms with van der Waals surface area (Å²) in [7, 11) is 0. The third kappa shape index (κ3) is 3.35. The van der Waals surface area contributed by atoms with E-state index >= 15 is 0 Å². The lowest BCUT2D eigenvalue weighted by Crippen LogP contribution is -2.24. The van der Waals surface area contributed by atoms with Gasteiger partial charge in [0.05, 0.1) is 11.2 Å². The summed E-state index contributed by atoms with van der Waals surface area (Å²) in [4.78, 5) is 10.3. The van der Waals surface area contributed by atoms with Gasteiger partial charge in [-0.05, 0) is 33.6 Å². The van der Waals surface area contributed by atoms with Crippen molar-refractivity contribution in [3.8, 4) is 0 Å². The van der Waals surface area contributed by atoms with Crippen LogP contribution < -0.4 is 11.2 Å². The molecule has 1 rings (SSSR count). The van der Waals surface area contributed by atoms with Gasteiger partial charge in [-0.3, -0.25) is 0 Å². The zero-order valence-corrected chi connectivity index (χ0v) is 9.34. The first-order chi connectivity index (χ1) is 6.59. The molecule has 0 fully saturated rings. The highest BCUT2D eigenvalue weighted by molar-refractivity contribution is 9.10. The minimum atomic E-state index is -0.704. The van der Waals surface area contributed by atoms with Crippen molar-refractivity contribution >= 4 is 39.8 Å². The number of nitrogens with two attached hydrogens (primary N) is 1. The second-order valence-electron chi connectivity index (χ2n) is 2.41. The fourth-order valence-corrected chi connectivity index (χ4v) is 1.20. The van der Waals surface area contributed by atoms with E-state index in [0.717, 1.165) is 10.0 Å². The standard InChI is InChI=1S/C8H7BrClN3O/c9-6-2-1-5(3-7(6)10)4-12-13-8(11)14/h1-4H,(H3,11,13,14)/b12-4+. The Morgan fingerprint density at radius 2 is 2.36 bits per heavy atom. The molecule has 0 saturated carbocycles. The Morgan fingerprint density at radius 3 is 2.93 bits per heavy atom. The van der Waals surface area contributed by atoms with Gasteiger partial charge in [0.1, 0.15) is 0 Å². The minimum Gasteiger partial charge on any atom is -0.350 e. The number of hydrogen-bond acceptors (Lipinski definition) is 2. The van der Waals surface area contributed by atoms with Crippen LogP contribution in [0.15, 0.2) is 27.8 Å². The zero-order valence-electron chi connectivity index (χ0n) is 7.00. The molecule has 0 aliphatic rings. The maximum Gasteiger partial charge on any atom is 0.332 e. The van der Waals surface area contributed by atoms with Crippen molar-refractivity contribution in [3.05, 3.63) is 33.3 Å². The molecule has 0 unspecified atom stereocenters. The number of halogens is 2.